The van der Waals surface area contributed by atoms with E-state index in [1.807, 2.05) is 36.4 Å². The van der Waals surface area contributed by atoms with Gasteiger partial charge in [0.15, 0.2) is 6.61 Å². The summed E-state index contributed by atoms with van der Waals surface area (Å²) in [5, 5.41) is 2.69. The van der Waals surface area contributed by atoms with Crippen molar-refractivity contribution in [3.8, 4) is 11.5 Å². The second kappa shape index (κ2) is 11.9. The van der Waals surface area contributed by atoms with Gasteiger partial charge in [0.05, 0.1) is 19.6 Å². The summed E-state index contributed by atoms with van der Waals surface area (Å²) in [5.41, 5.74) is 1.51. The minimum Gasteiger partial charge on any atom is -0.497 e. The number of nitrogens with zero attached hydrogens (tertiary/aromatic N) is 2. The molecule has 2 aliphatic heterocycles. The van der Waals surface area contributed by atoms with Gasteiger partial charge < -0.3 is 29.3 Å². The van der Waals surface area contributed by atoms with E-state index in [1.165, 1.54) is 9.80 Å². The van der Waals surface area contributed by atoms with Crippen molar-refractivity contribution in [2.24, 2.45) is 0 Å². The number of nitrogens with one attached hydrogen (secondary N) is 1. The summed E-state index contributed by atoms with van der Waals surface area (Å²) >= 11 is 0. The van der Waals surface area contributed by atoms with Gasteiger partial charge in [0.2, 0.25) is 18.0 Å². The lowest BCUT2D eigenvalue weighted by molar-refractivity contribution is -0.170. The number of fused-ring (bicyclic) bond motifs is 1. The molecule has 3 atom stereocenters. The number of esters is 1. The van der Waals surface area contributed by atoms with E-state index in [9.17, 15) is 19.2 Å². The highest BCUT2D eigenvalue weighted by molar-refractivity contribution is 5.99. The lowest BCUT2D eigenvalue weighted by Crippen LogP contribution is -2.71. The van der Waals surface area contributed by atoms with E-state index in [-0.39, 0.29) is 32.1 Å². The number of benzene rings is 3. The molecule has 3 aromatic carbocycles. The first-order valence-corrected chi connectivity index (χ1v) is 12.9. The highest BCUT2D eigenvalue weighted by Crippen LogP contribution is 2.34. The van der Waals surface area contributed by atoms with E-state index >= 15 is 0 Å². The van der Waals surface area contributed by atoms with Gasteiger partial charge in [-0.2, -0.15) is 0 Å². The summed E-state index contributed by atoms with van der Waals surface area (Å²) < 4.78 is 16.2. The van der Waals surface area contributed by atoms with Crippen LogP contribution in [0.3, 0.4) is 0 Å². The van der Waals surface area contributed by atoms with Gasteiger partial charge in [0, 0.05) is 6.54 Å². The van der Waals surface area contributed by atoms with Crippen LogP contribution in [-0.2, 0) is 36.9 Å². The summed E-state index contributed by atoms with van der Waals surface area (Å²) in [5.74, 6) is -0.806. The zero-order valence-electron chi connectivity index (χ0n) is 21.9. The van der Waals surface area contributed by atoms with Gasteiger partial charge in [-0.15, -0.1) is 0 Å². The standard InChI is InChI=1S/C30H29N3O7/c1-38-22-14-12-20(13-15-22)16-26(35)32-17-24-27(31-25(34)19-39-23-10-6-3-7-11-23)29(36)33(24)28(32)30(37)40-18-21-8-4-2-5-9-21/h2-15,24,27-28H,16-19H2,1H3,(H,31,34)/t24?,27-,28?/m0/s1. The molecule has 5 rings (SSSR count). The van der Waals surface area contributed by atoms with Gasteiger partial charge in [0.1, 0.15) is 24.1 Å². The van der Waals surface area contributed by atoms with Crippen LogP contribution in [0.2, 0.25) is 0 Å². The summed E-state index contributed by atoms with van der Waals surface area (Å²) in [4.78, 5) is 55.0. The number of hydrogen-bond donors (Lipinski definition) is 1. The SMILES string of the molecule is COc1ccc(CC(=O)N2CC3[C@H](NC(=O)COc4ccccc4)C(=O)N3C2C(=O)OCc2ccccc2)cc1. The predicted octanol–water partition coefficient (Wildman–Crippen LogP) is 1.92. The molecule has 10 heteroatoms. The third kappa shape index (κ3) is 5.75. The van der Waals surface area contributed by atoms with E-state index in [2.05, 4.69) is 5.32 Å². The molecular weight excluding hydrogens is 514 g/mol. The van der Waals surface area contributed by atoms with Gasteiger partial charge in [-0.3, -0.25) is 14.4 Å². The highest BCUT2D eigenvalue weighted by Gasteiger charge is 2.61. The molecule has 40 heavy (non-hydrogen) atoms. The molecule has 3 amide bonds. The van der Waals surface area contributed by atoms with Crippen LogP contribution in [0.5, 0.6) is 11.5 Å². The third-order valence-corrected chi connectivity index (χ3v) is 6.90. The second-order valence-corrected chi connectivity index (χ2v) is 9.50. The Morgan fingerprint density at radius 1 is 0.875 bits per heavy atom. The Balaban J connectivity index is 1.28. The van der Waals surface area contributed by atoms with Crippen molar-refractivity contribution in [1.82, 2.24) is 15.1 Å². The number of β-lactam (4-membered cyclic amide) rings is 1. The van der Waals surface area contributed by atoms with Crippen LogP contribution in [0, 0.1) is 0 Å². The van der Waals surface area contributed by atoms with Crippen molar-refractivity contribution in [1.29, 1.82) is 0 Å². The largest absolute Gasteiger partial charge is 0.497 e. The van der Waals surface area contributed by atoms with E-state index < -0.39 is 36.0 Å². The van der Waals surface area contributed by atoms with Crippen LogP contribution in [-0.4, -0.2) is 72.0 Å². The average molecular weight is 544 g/mol. The maximum absolute atomic E-state index is 13.4. The number of carbonyl (C=O) groups excluding carboxylic acids is 4. The first-order chi connectivity index (χ1) is 19.4. The van der Waals surface area contributed by atoms with E-state index in [0.29, 0.717) is 11.5 Å². The summed E-state index contributed by atoms with van der Waals surface area (Å²) in [7, 11) is 1.56. The van der Waals surface area contributed by atoms with E-state index in [0.717, 1.165) is 11.1 Å². The Labute approximate surface area is 231 Å². The topological polar surface area (TPSA) is 114 Å². The molecule has 1 N–H and O–H groups in total. The molecule has 2 saturated heterocycles. The fourth-order valence-electron chi connectivity index (χ4n) is 4.85. The number of carbonyl (C=O) groups is 4. The third-order valence-electron chi connectivity index (χ3n) is 6.90. The molecule has 0 spiro atoms. The van der Waals surface area contributed by atoms with Crippen LogP contribution in [0.15, 0.2) is 84.9 Å². The molecule has 0 aromatic heterocycles. The molecule has 0 aliphatic carbocycles. The van der Waals surface area contributed by atoms with Gasteiger partial charge in [-0.25, -0.2) is 4.79 Å². The Bertz CT molecular complexity index is 1370. The van der Waals surface area contributed by atoms with Crippen molar-refractivity contribution in [2.45, 2.75) is 31.3 Å². The number of hydrogen-bond acceptors (Lipinski definition) is 7. The zero-order chi connectivity index (χ0) is 28.1. The summed E-state index contributed by atoms with van der Waals surface area (Å²) in [6, 6.07) is 23.6. The van der Waals surface area contributed by atoms with Gasteiger partial charge in [0.25, 0.3) is 5.91 Å². The van der Waals surface area contributed by atoms with Crippen LogP contribution >= 0.6 is 0 Å². The number of methoxy groups -OCH3 is 1. The van der Waals surface area contributed by atoms with Crippen molar-refractivity contribution in [2.75, 3.05) is 20.3 Å². The molecule has 2 heterocycles. The fourth-order valence-corrected chi connectivity index (χ4v) is 4.85. The summed E-state index contributed by atoms with van der Waals surface area (Å²) in [6.45, 7) is -0.195. The number of amides is 3. The number of ether oxygens (including phenoxy) is 3. The average Bonchev–Trinajstić information content (AvgIpc) is 3.36. The molecule has 3 aromatic rings. The smallest absolute Gasteiger partial charge is 0.350 e. The summed E-state index contributed by atoms with van der Waals surface area (Å²) in [6.07, 6.45) is -1.20. The first-order valence-electron chi connectivity index (χ1n) is 12.9. The van der Waals surface area contributed by atoms with Crippen LogP contribution < -0.4 is 14.8 Å². The van der Waals surface area contributed by atoms with Crippen molar-refractivity contribution < 1.29 is 33.4 Å². The molecule has 2 fully saturated rings. The maximum Gasteiger partial charge on any atom is 0.350 e. The minimum atomic E-state index is -1.22. The van der Waals surface area contributed by atoms with E-state index in [4.69, 9.17) is 14.2 Å². The Hall–Kier alpha value is -4.86. The molecule has 206 valence electrons. The normalized spacial score (nSPS) is 19.3. The number of para-hydroxylation sites is 1. The molecule has 0 radical (unpaired) electrons. The maximum atomic E-state index is 13.4. The van der Waals surface area contributed by atoms with Crippen LogP contribution in [0.1, 0.15) is 11.1 Å². The second-order valence-electron chi connectivity index (χ2n) is 9.50. The Morgan fingerprint density at radius 2 is 1.55 bits per heavy atom. The minimum absolute atomic E-state index is 0.000367. The molecule has 2 unspecified atom stereocenters. The number of rotatable bonds is 10. The van der Waals surface area contributed by atoms with Crippen LogP contribution in [0.25, 0.3) is 0 Å². The van der Waals surface area contributed by atoms with Gasteiger partial charge in [-0.05, 0) is 35.4 Å². The fraction of sp³-hybridized carbons (Fsp3) is 0.267. The van der Waals surface area contributed by atoms with Crippen molar-refractivity contribution in [3.05, 3.63) is 96.1 Å². The quantitative estimate of drug-likeness (QED) is 0.307. The van der Waals surface area contributed by atoms with Crippen LogP contribution in [0.4, 0.5) is 0 Å². The molecule has 10 nitrogen and oxygen atoms in total. The van der Waals surface area contributed by atoms with Gasteiger partial charge in [-0.1, -0.05) is 60.7 Å². The van der Waals surface area contributed by atoms with Crippen molar-refractivity contribution in [3.63, 3.8) is 0 Å². The zero-order valence-corrected chi connectivity index (χ0v) is 21.9. The van der Waals surface area contributed by atoms with Crippen molar-refractivity contribution >= 4 is 23.7 Å². The Morgan fingerprint density at radius 3 is 2.23 bits per heavy atom. The lowest BCUT2D eigenvalue weighted by Gasteiger charge is -2.43. The lowest BCUT2D eigenvalue weighted by atomic mass is 9.96. The highest BCUT2D eigenvalue weighted by atomic mass is 16.5. The first kappa shape index (κ1) is 26.7. The van der Waals surface area contributed by atoms with E-state index in [1.54, 1.807) is 55.6 Å². The Kier molecular flexibility index (Phi) is 7.95. The molecule has 0 saturated carbocycles. The molecular formula is C30H29N3O7. The predicted molar refractivity (Wildman–Crippen MR) is 143 cm³/mol. The van der Waals surface area contributed by atoms with Gasteiger partial charge >= 0.3 is 5.97 Å². The molecule has 0 bridgehead atoms. The molecule has 2 aliphatic rings. The monoisotopic (exact) mass is 543 g/mol.